The summed E-state index contributed by atoms with van der Waals surface area (Å²) in [6.07, 6.45) is 3.44. The molecule has 0 radical (unpaired) electrons. The molecule has 0 fully saturated rings. The molecule has 5 nitrogen and oxygen atoms in total. The van der Waals surface area contributed by atoms with Crippen molar-refractivity contribution in [2.45, 2.75) is 46.0 Å². The van der Waals surface area contributed by atoms with Crippen LogP contribution < -0.4 is 5.32 Å². The van der Waals surface area contributed by atoms with Crippen LogP contribution >= 0.6 is 0 Å². The Bertz CT molecular complexity index is 587. The summed E-state index contributed by atoms with van der Waals surface area (Å²) in [5, 5.41) is 9.54. The fraction of sp³-hybridized carbons (Fsp3) is 0.438. The number of aryl methyl sites for hydroxylation is 1. The summed E-state index contributed by atoms with van der Waals surface area (Å²) in [5.41, 5.74) is 2.05. The van der Waals surface area contributed by atoms with Gasteiger partial charge in [-0.3, -0.25) is 9.89 Å². The van der Waals surface area contributed by atoms with Gasteiger partial charge in [-0.1, -0.05) is 39.3 Å². The number of unbranched alkanes of at least 4 members (excludes halogenated alkanes) is 1. The number of aromatic nitrogens is 3. The third-order valence-electron chi connectivity index (χ3n) is 3.28. The van der Waals surface area contributed by atoms with E-state index < -0.39 is 0 Å². The summed E-state index contributed by atoms with van der Waals surface area (Å²) in [7, 11) is 0. The molecule has 0 aliphatic rings. The number of anilines is 1. The first-order chi connectivity index (χ1) is 10.1. The molecule has 2 aromatic rings. The predicted molar refractivity (Wildman–Crippen MR) is 83.5 cm³/mol. The van der Waals surface area contributed by atoms with Crippen molar-refractivity contribution in [1.82, 2.24) is 15.2 Å². The van der Waals surface area contributed by atoms with Crippen LogP contribution in [0.4, 0.5) is 5.69 Å². The number of nitrogens with one attached hydrogen (secondary N) is 2. The molecule has 0 saturated carbocycles. The zero-order valence-electron chi connectivity index (χ0n) is 12.8. The van der Waals surface area contributed by atoms with Crippen LogP contribution in [0.15, 0.2) is 24.3 Å². The van der Waals surface area contributed by atoms with E-state index in [1.165, 1.54) is 18.4 Å². The van der Waals surface area contributed by atoms with E-state index in [0.717, 1.165) is 17.9 Å². The van der Waals surface area contributed by atoms with Crippen molar-refractivity contribution in [2.75, 3.05) is 5.32 Å². The van der Waals surface area contributed by atoms with E-state index in [1.807, 2.05) is 38.1 Å². The highest BCUT2D eigenvalue weighted by atomic mass is 16.2. The molecule has 2 N–H and O–H groups in total. The van der Waals surface area contributed by atoms with Gasteiger partial charge >= 0.3 is 0 Å². The minimum Gasteiger partial charge on any atom is -0.319 e. The topological polar surface area (TPSA) is 70.7 Å². The van der Waals surface area contributed by atoms with Gasteiger partial charge in [0.1, 0.15) is 5.82 Å². The lowest BCUT2D eigenvalue weighted by Gasteiger charge is -2.04. The molecule has 21 heavy (non-hydrogen) atoms. The number of benzene rings is 1. The quantitative estimate of drug-likeness (QED) is 0.853. The number of carbonyl (C=O) groups is 1. The van der Waals surface area contributed by atoms with Gasteiger partial charge in [0.05, 0.1) is 0 Å². The molecular weight excluding hydrogens is 264 g/mol. The molecule has 0 aliphatic carbocycles. The second-order valence-electron chi connectivity index (χ2n) is 5.45. The number of rotatable bonds is 6. The van der Waals surface area contributed by atoms with Crippen molar-refractivity contribution in [1.29, 1.82) is 0 Å². The lowest BCUT2D eigenvalue weighted by atomic mass is 10.1. The number of H-pyrrole nitrogens is 1. The third-order valence-corrected chi connectivity index (χ3v) is 3.28. The van der Waals surface area contributed by atoms with Gasteiger partial charge in [0.2, 0.25) is 5.82 Å². The van der Waals surface area contributed by atoms with Gasteiger partial charge in [0, 0.05) is 11.6 Å². The van der Waals surface area contributed by atoms with Gasteiger partial charge in [-0.15, -0.1) is 5.10 Å². The molecule has 2 rings (SSSR count). The third kappa shape index (κ3) is 4.15. The number of carbonyl (C=O) groups excluding carboxylic acids is 1. The van der Waals surface area contributed by atoms with Crippen LogP contribution in [0.25, 0.3) is 0 Å². The number of amides is 1. The summed E-state index contributed by atoms with van der Waals surface area (Å²) < 4.78 is 0. The van der Waals surface area contributed by atoms with Gasteiger partial charge in [-0.2, -0.15) is 0 Å². The van der Waals surface area contributed by atoms with Crippen LogP contribution in [0.3, 0.4) is 0 Å². The Balaban J connectivity index is 1.98. The molecule has 1 amide bonds. The molecule has 1 aromatic carbocycles. The molecular formula is C16H22N4O. The van der Waals surface area contributed by atoms with Crippen molar-refractivity contribution in [3.63, 3.8) is 0 Å². The first-order valence-corrected chi connectivity index (χ1v) is 7.42. The lowest BCUT2D eigenvalue weighted by Crippen LogP contribution is -2.13. The summed E-state index contributed by atoms with van der Waals surface area (Å²) in [4.78, 5) is 16.2. The van der Waals surface area contributed by atoms with Crippen molar-refractivity contribution < 1.29 is 4.79 Å². The van der Waals surface area contributed by atoms with E-state index in [1.54, 1.807) is 0 Å². The van der Waals surface area contributed by atoms with Gasteiger partial charge in [-0.05, 0) is 30.5 Å². The second kappa shape index (κ2) is 7.02. The van der Waals surface area contributed by atoms with Crippen LogP contribution in [-0.2, 0) is 6.42 Å². The van der Waals surface area contributed by atoms with Gasteiger partial charge in [0.25, 0.3) is 5.91 Å². The summed E-state index contributed by atoms with van der Waals surface area (Å²) in [6.45, 7) is 6.17. The van der Waals surface area contributed by atoms with Crippen molar-refractivity contribution in [3.05, 3.63) is 41.5 Å². The second-order valence-corrected chi connectivity index (χ2v) is 5.45. The van der Waals surface area contributed by atoms with Crippen LogP contribution in [0.2, 0.25) is 0 Å². The molecule has 0 atom stereocenters. The Labute approximate surface area is 125 Å². The van der Waals surface area contributed by atoms with Crippen molar-refractivity contribution >= 4 is 11.6 Å². The molecule has 1 heterocycles. The monoisotopic (exact) mass is 286 g/mol. The molecule has 112 valence electrons. The van der Waals surface area contributed by atoms with Crippen molar-refractivity contribution in [2.24, 2.45) is 0 Å². The Kier molecular flexibility index (Phi) is 5.09. The van der Waals surface area contributed by atoms with E-state index in [0.29, 0.717) is 0 Å². The van der Waals surface area contributed by atoms with E-state index in [-0.39, 0.29) is 17.6 Å². The molecule has 0 bridgehead atoms. The van der Waals surface area contributed by atoms with E-state index in [2.05, 4.69) is 27.4 Å². The summed E-state index contributed by atoms with van der Waals surface area (Å²) in [5.74, 6) is 0.820. The molecule has 0 aliphatic heterocycles. The Morgan fingerprint density at radius 1 is 1.29 bits per heavy atom. The molecule has 1 aromatic heterocycles. The van der Waals surface area contributed by atoms with Crippen LogP contribution in [0.1, 0.15) is 61.5 Å². The maximum Gasteiger partial charge on any atom is 0.295 e. The maximum atomic E-state index is 12.1. The number of hydrogen-bond acceptors (Lipinski definition) is 3. The standard InChI is InChI=1S/C16H22N4O/c1-4-5-6-12-7-9-13(10-8-12)17-16(21)15-18-14(11(2)3)19-20-15/h7-11H,4-6H2,1-3H3,(H,17,21)(H,18,19,20). The molecule has 0 saturated heterocycles. The highest BCUT2D eigenvalue weighted by Crippen LogP contribution is 2.13. The Morgan fingerprint density at radius 3 is 2.57 bits per heavy atom. The summed E-state index contributed by atoms with van der Waals surface area (Å²) >= 11 is 0. The van der Waals surface area contributed by atoms with Crippen LogP contribution in [-0.4, -0.2) is 21.1 Å². The first-order valence-electron chi connectivity index (χ1n) is 7.42. The SMILES string of the molecule is CCCCc1ccc(NC(=O)c2n[nH]c(C(C)C)n2)cc1. The molecule has 0 spiro atoms. The Morgan fingerprint density at radius 2 is 2.00 bits per heavy atom. The van der Waals surface area contributed by atoms with E-state index in [4.69, 9.17) is 0 Å². The average Bonchev–Trinajstić information content (AvgIpc) is 2.97. The van der Waals surface area contributed by atoms with Crippen molar-refractivity contribution in [3.8, 4) is 0 Å². The van der Waals surface area contributed by atoms with Crippen LogP contribution in [0.5, 0.6) is 0 Å². The fourth-order valence-electron chi connectivity index (χ4n) is 1.96. The van der Waals surface area contributed by atoms with Gasteiger partial charge in [-0.25, -0.2) is 4.98 Å². The highest BCUT2D eigenvalue weighted by molar-refractivity contribution is 6.01. The zero-order chi connectivity index (χ0) is 15.2. The lowest BCUT2D eigenvalue weighted by molar-refractivity contribution is 0.101. The first kappa shape index (κ1) is 15.2. The summed E-state index contributed by atoms with van der Waals surface area (Å²) in [6, 6.07) is 7.92. The fourth-order valence-corrected chi connectivity index (χ4v) is 1.96. The average molecular weight is 286 g/mol. The minimum atomic E-state index is -0.292. The number of aromatic amines is 1. The predicted octanol–water partition coefficient (Wildman–Crippen LogP) is 3.52. The minimum absolute atomic E-state index is 0.175. The van der Waals surface area contributed by atoms with E-state index in [9.17, 15) is 4.79 Å². The van der Waals surface area contributed by atoms with Gasteiger partial charge < -0.3 is 5.32 Å². The number of nitrogens with zero attached hydrogens (tertiary/aromatic N) is 2. The zero-order valence-corrected chi connectivity index (χ0v) is 12.8. The maximum absolute atomic E-state index is 12.1. The van der Waals surface area contributed by atoms with Crippen LogP contribution in [0, 0.1) is 0 Å². The number of hydrogen-bond donors (Lipinski definition) is 2. The molecule has 5 heteroatoms. The van der Waals surface area contributed by atoms with E-state index >= 15 is 0 Å². The smallest absolute Gasteiger partial charge is 0.295 e. The normalized spacial score (nSPS) is 10.9. The Hall–Kier alpha value is -2.17. The largest absolute Gasteiger partial charge is 0.319 e. The highest BCUT2D eigenvalue weighted by Gasteiger charge is 2.14. The van der Waals surface area contributed by atoms with Gasteiger partial charge in [0.15, 0.2) is 0 Å². The molecule has 0 unspecified atom stereocenters.